The Morgan fingerprint density at radius 2 is 1.66 bits per heavy atom. The van der Waals surface area contributed by atoms with Crippen LogP contribution >= 0.6 is 11.6 Å². The van der Waals surface area contributed by atoms with Crippen LogP contribution in [-0.4, -0.2) is 11.1 Å². The molecule has 1 N–H and O–H groups in total. The van der Waals surface area contributed by atoms with Gasteiger partial charge in [-0.05, 0) is 58.7 Å². The predicted octanol–water partition coefficient (Wildman–Crippen LogP) is 6.23. The quantitative estimate of drug-likeness (QED) is 0.514. The molecule has 0 aromatic heterocycles. The summed E-state index contributed by atoms with van der Waals surface area (Å²) in [5, 5.41) is 9.67. The fraction of sp³-hybridized carbons (Fsp3) is 0.136. The first kappa shape index (κ1) is 20.7. The molecule has 0 aliphatic heterocycles. The lowest BCUT2D eigenvalue weighted by Gasteiger charge is -2.12. The smallest absolute Gasteiger partial charge is 0.416 e. The number of carboxylic acids is 1. The van der Waals surface area contributed by atoms with Crippen molar-refractivity contribution < 1.29 is 27.8 Å². The van der Waals surface area contributed by atoms with Gasteiger partial charge in [0.1, 0.15) is 12.4 Å². The maximum Gasteiger partial charge on any atom is 0.416 e. The third kappa shape index (κ3) is 5.74. The molecule has 0 saturated carbocycles. The molecular formula is C22H16ClF3O3. The zero-order chi connectivity index (χ0) is 21.0. The third-order valence-electron chi connectivity index (χ3n) is 4.16. The van der Waals surface area contributed by atoms with Crippen molar-refractivity contribution in [3.8, 4) is 16.9 Å². The second kappa shape index (κ2) is 8.57. The molecule has 0 saturated heterocycles. The monoisotopic (exact) mass is 420 g/mol. The van der Waals surface area contributed by atoms with Gasteiger partial charge in [0.05, 0.1) is 12.0 Å². The van der Waals surface area contributed by atoms with Crippen molar-refractivity contribution in [2.45, 2.75) is 19.2 Å². The maximum atomic E-state index is 12.8. The van der Waals surface area contributed by atoms with Gasteiger partial charge < -0.3 is 9.84 Å². The van der Waals surface area contributed by atoms with Crippen molar-refractivity contribution in [3.05, 3.63) is 88.4 Å². The highest BCUT2D eigenvalue weighted by Crippen LogP contribution is 2.32. The zero-order valence-electron chi connectivity index (χ0n) is 15.0. The summed E-state index contributed by atoms with van der Waals surface area (Å²) in [6, 6.07) is 16.7. The number of carbonyl (C=O) groups is 1. The molecule has 0 atom stereocenters. The van der Waals surface area contributed by atoms with Crippen LogP contribution in [0, 0.1) is 0 Å². The van der Waals surface area contributed by atoms with E-state index in [1.807, 2.05) is 6.07 Å². The third-order valence-corrected chi connectivity index (χ3v) is 4.40. The van der Waals surface area contributed by atoms with Crippen molar-refractivity contribution in [2.24, 2.45) is 0 Å². The van der Waals surface area contributed by atoms with Crippen LogP contribution in [0.2, 0.25) is 5.02 Å². The van der Waals surface area contributed by atoms with Crippen LogP contribution < -0.4 is 4.74 Å². The van der Waals surface area contributed by atoms with E-state index in [9.17, 15) is 18.0 Å². The van der Waals surface area contributed by atoms with Gasteiger partial charge in [0.25, 0.3) is 0 Å². The van der Waals surface area contributed by atoms with Gasteiger partial charge in [-0.3, -0.25) is 4.79 Å². The Hall–Kier alpha value is -2.99. The molecule has 0 heterocycles. The highest BCUT2D eigenvalue weighted by Gasteiger charge is 2.30. The normalized spacial score (nSPS) is 11.3. The lowest BCUT2D eigenvalue weighted by Crippen LogP contribution is -2.04. The number of alkyl halides is 3. The molecule has 0 spiro atoms. The summed E-state index contributed by atoms with van der Waals surface area (Å²) in [6.45, 7) is 0.212. The van der Waals surface area contributed by atoms with E-state index in [1.165, 1.54) is 12.1 Å². The Labute approximate surface area is 170 Å². The number of ether oxygens (including phenoxy) is 1. The van der Waals surface area contributed by atoms with E-state index in [0.717, 1.165) is 17.7 Å². The summed E-state index contributed by atoms with van der Waals surface area (Å²) >= 11 is 5.96. The second-order valence-electron chi connectivity index (χ2n) is 6.43. The number of benzene rings is 3. The summed E-state index contributed by atoms with van der Waals surface area (Å²) < 4.78 is 44.1. The van der Waals surface area contributed by atoms with Crippen molar-refractivity contribution in [1.82, 2.24) is 0 Å². The van der Waals surface area contributed by atoms with Crippen LogP contribution in [0.15, 0.2) is 66.7 Å². The molecule has 3 aromatic rings. The van der Waals surface area contributed by atoms with Crippen molar-refractivity contribution in [2.75, 3.05) is 0 Å². The van der Waals surface area contributed by atoms with Gasteiger partial charge in [-0.2, -0.15) is 13.2 Å². The average Bonchev–Trinajstić information content (AvgIpc) is 2.65. The van der Waals surface area contributed by atoms with Crippen LogP contribution in [0.3, 0.4) is 0 Å². The van der Waals surface area contributed by atoms with Crippen LogP contribution in [0.5, 0.6) is 5.75 Å². The molecule has 3 nitrogen and oxygen atoms in total. The summed E-state index contributed by atoms with van der Waals surface area (Å²) in [7, 11) is 0. The second-order valence-corrected chi connectivity index (χ2v) is 6.87. The number of hydrogen-bond donors (Lipinski definition) is 1. The SMILES string of the molecule is O=C(O)Cc1cc(OCc2cccc(Cl)c2)cc(-c2ccc(C(F)(F)F)cc2)c1. The van der Waals surface area contributed by atoms with E-state index >= 15 is 0 Å². The largest absolute Gasteiger partial charge is 0.489 e. The lowest BCUT2D eigenvalue weighted by atomic mass is 10.00. The summed E-state index contributed by atoms with van der Waals surface area (Å²) in [5.41, 5.74) is 1.66. The molecule has 0 aliphatic carbocycles. The van der Waals surface area contributed by atoms with Gasteiger partial charge in [-0.25, -0.2) is 0 Å². The van der Waals surface area contributed by atoms with Crippen LogP contribution in [0.1, 0.15) is 16.7 Å². The summed E-state index contributed by atoms with van der Waals surface area (Å²) in [6.07, 6.45) is -4.66. The van der Waals surface area contributed by atoms with Gasteiger partial charge >= 0.3 is 12.1 Å². The molecule has 150 valence electrons. The van der Waals surface area contributed by atoms with Crippen molar-refractivity contribution >= 4 is 17.6 Å². The Balaban J connectivity index is 1.90. The fourth-order valence-corrected chi connectivity index (χ4v) is 3.05. The van der Waals surface area contributed by atoms with Crippen molar-refractivity contribution in [3.63, 3.8) is 0 Å². The van der Waals surface area contributed by atoms with E-state index in [1.54, 1.807) is 36.4 Å². The maximum absolute atomic E-state index is 12.8. The van der Waals surface area contributed by atoms with Gasteiger partial charge in [0.15, 0.2) is 0 Å². The van der Waals surface area contributed by atoms with Crippen LogP contribution in [0.25, 0.3) is 11.1 Å². The summed E-state index contributed by atoms with van der Waals surface area (Å²) in [4.78, 5) is 11.1. The molecule has 0 bridgehead atoms. The fourth-order valence-electron chi connectivity index (χ4n) is 2.83. The Morgan fingerprint density at radius 3 is 2.28 bits per heavy atom. The van der Waals surface area contributed by atoms with Crippen molar-refractivity contribution in [1.29, 1.82) is 0 Å². The van der Waals surface area contributed by atoms with E-state index in [0.29, 0.717) is 27.5 Å². The molecule has 7 heteroatoms. The number of carboxylic acid groups (broad SMARTS) is 1. The molecule has 3 rings (SSSR count). The Bertz CT molecular complexity index is 1010. The Kier molecular flexibility index (Phi) is 6.13. The highest BCUT2D eigenvalue weighted by molar-refractivity contribution is 6.30. The summed E-state index contributed by atoms with van der Waals surface area (Å²) in [5.74, 6) is -0.603. The molecule has 3 aromatic carbocycles. The minimum Gasteiger partial charge on any atom is -0.489 e. The zero-order valence-corrected chi connectivity index (χ0v) is 15.8. The number of hydrogen-bond acceptors (Lipinski definition) is 2. The van der Waals surface area contributed by atoms with Gasteiger partial charge in [-0.1, -0.05) is 41.9 Å². The first-order chi connectivity index (χ1) is 13.7. The van der Waals surface area contributed by atoms with Crippen LogP contribution in [-0.2, 0) is 24.0 Å². The van der Waals surface area contributed by atoms with Gasteiger partial charge in [-0.15, -0.1) is 0 Å². The van der Waals surface area contributed by atoms with E-state index < -0.39 is 17.7 Å². The molecule has 29 heavy (non-hydrogen) atoms. The predicted molar refractivity (Wildman–Crippen MR) is 104 cm³/mol. The first-order valence-electron chi connectivity index (χ1n) is 8.61. The molecule has 0 unspecified atom stereocenters. The molecule has 0 radical (unpaired) electrons. The first-order valence-corrected chi connectivity index (χ1v) is 8.99. The highest BCUT2D eigenvalue weighted by atomic mass is 35.5. The molecule has 0 fully saturated rings. The van der Waals surface area contributed by atoms with Gasteiger partial charge in [0.2, 0.25) is 0 Å². The van der Waals surface area contributed by atoms with E-state index in [-0.39, 0.29) is 13.0 Å². The Morgan fingerprint density at radius 1 is 0.931 bits per heavy atom. The lowest BCUT2D eigenvalue weighted by molar-refractivity contribution is -0.138. The van der Waals surface area contributed by atoms with E-state index in [2.05, 4.69) is 0 Å². The topological polar surface area (TPSA) is 46.5 Å². The standard InChI is InChI=1S/C22H16ClF3O3/c23-19-3-1-2-14(9-19)13-29-20-10-15(11-21(27)28)8-17(12-20)16-4-6-18(7-5-16)22(24,25)26/h1-10,12H,11,13H2,(H,27,28). The number of aliphatic carboxylic acids is 1. The molecule has 0 aliphatic rings. The minimum absolute atomic E-state index is 0.212. The minimum atomic E-state index is -4.42. The molecular weight excluding hydrogens is 405 g/mol. The number of rotatable bonds is 6. The number of halogens is 4. The van der Waals surface area contributed by atoms with Crippen LogP contribution in [0.4, 0.5) is 13.2 Å². The van der Waals surface area contributed by atoms with E-state index in [4.69, 9.17) is 21.4 Å². The average molecular weight is 421 g/mol. The molecule has 0 amide bonds. The van der Waals surface area contributed by atoms with Gasteiger partial charge in [0, 0.05) is 5.02 Å².